The van der Waals surface area contributed by atoms with Crippen molar-refractivity contribution in [2.75, 3.05) is 13.3 Å². The highest BCUT2D eigenvalue weighted by Crippen LogP contribution is 2.33. The van der Waals surface area contributed by atoms with E-state index in [0.717, 1.165) is 11.3 Å². The minimum Gasteiger partial charge on any atom is -0.467 e. The summed E-state index contributed by atoms with van der Waals surface area (Å²) >= 11 is 0. The molecule has 0 saturated heterocycles. The van der Waals surface area contributed by atoms with Crippen molar-refractivity contribution in [1.29, 1.82) is 0 Å². The second-order valence-electron chi connectivity index (χ2n) is 4.09. The van der Waals surface area contributed by atoms with Crippen molar-refractivity contribution in [3.05, 3.63) is 28.8 Å². The molecular formula is C12H17NO2. The molecule has 0 aliphatic carbocycles. The average Bonchev–Trinajstić information content (AvgIpc) is 2.26. The molecule has 0 spiro atoms. The molecule has 3 nitrogen and oxygen atoms in total. The summed E-state index contributed by atoms with van der Waals surface area (Å²) in [6.45, 7) is 5.83. The Morgan fingerprint density at radius 1 is 1.47 bits per heavy atom. The van der Waals surface area contributed by atoms with Gasteiger partial charge in [-0.05, 0) is 24.9 Å². The zero-order valence-electron chi connectivity index (χ0n) is 9.25. The maximum Gasteiger partial charge on any atom is 0.189 e. The van der Waals surface area contributed by atoms with Gasteiger partial charge < -0.3 is 15.2 Å². The van der Waals surface area contributed by atoms with E-state index >= 15 is 0 Å². The molecule has 0 bridgehead atoms. The Morgan fingerprint density at radius 2 is 2.27 bits per heavy atom. The molecule has 1 atom stereocenters. The Labute approximate surface area is 90.2 Å². The summed E-state index contributed by atoms with van der Waals surface area (Å²) in [5.41, 5.74) is 9.28. The van der Waals surface area contributed by atoms with Crippen molar-refractivity contribution in [2.24, 2.45) is 5.73 Å². The molecule has 82 valence electrons. The van der Waals surface area contributed by atoms with Gasteiger partial charge in [0.25, 0.3) is 0 Å². The Bertz CT molecular complexity index is 363. The van der Waals surface area contributed by atoms with Gasteiger partial charge in [-0.2, -0.15) is 0 Å². The molecule has 1 aromatic carbocycles. The van der Waals surface area contributed by atoms with E-state index in [2.05, 4.69) is 26.0 Å². The van der Waals surface area contributed by atoms with Crippen LogP contribution in [0.15, 0.2) is 12.1 Å². The third-order valence-corrected chi connectivity index (χ3v) is 2.77. The van der Waals surface area contributed by atoms with Crippen molar-refractivity contribution in [1.82, 2.24) is 0 Å². The molecule has 0 fully saturated rings. The first-order valence-corrected chi connectivity index (χ1v) is 5.26. The van der Waals surface area contributed by atoms with Crippen molar-refractivity contribution in [3.63, 3.8) is 0 Å². The van der Waals surface area contributed by atoms with Gasteiger partial charge in [0, 0.05) is 5.56 Å². The molecule has 2 N–H and O–H groups in total. The molecule has 1 unspecified atom stereocenters. The van der Waals surface area contributed by atoms with Crippen molar-refractivity contribution >= 4 is 0 Å². The Morgan fingerprint density at radius 3 is 3.00 bits per heavy atom. The number of ether oxygens (including phenoxy) is 2. The van der Waals surface area contributed by atoms with Crippen LogP contribution in [-0.2, 0) is 11.3 Å². The lowest BCUT2D eigenvalue weighted by atomic mass is 9.95. The Balaban J connectivity index is 2.47. The van der Waals surface area contributed by atoms with E-state index in [-0.39, 0.29) is 0 Å². The lowest BCUT2D eigenvalue weighted by molar-refractivity contribution is -0.0172. The second kappa shape index (κ2) is 4.21. The quantitative estimate of drug-likeness (QED) is 0.805. The van der Waals surface area contributed by atoms with Gasteiger partial charge in [-0.3, -0.25) is 0 Å². The normalized spacial score (nSPS) is 16.7. The standard InChI is InChI=1S/C12H17NO2/c1-8-3-10-6-14-7-15-12(10)11(4-8)9(2)5-13/h3-4,9H,5-7,13H2,1-2H3. The van der Waals surface area contributed by atoms with Crippen LogP contribution in [0.4, 0.5) is 0 Å². The molecule has 1 aromatic rings. The van der Waals surface area contributed by atoms with Crippen LogP contribution in [0.2, 0.25) is 0 Å². The summed E-state index contributed by atoms with van der Waals surface area (Å²) < 4.78 is 10.8. The van der Waals surface area contributed by atoms with Gasteiger partial charge in [0.2, 0.25) is 0 Å². The van der Waals surface area contributed by atoms with Crippen molar-refractivity contribution in [3.8, 4) is 5.75 Å². The molecule has 0 saturated carbocycles. The van der Waals surface area contributed by atoms with Crippen LogP contribution in [0, 0.1) is 6.92 Å². The average molecular weight is 207 g/mol. The molecule has 3 heteroatoms. The number of nitrogens with two attached hydrogens (primary N) is 1. The molecular weight excluding hydrogens is 190 g/mol. The fourth-order valence-electron chi connectivity index (χ4n) is 1.91. The number of benzene rings is 1. The summed E-state index contributed by atoms with van der Waals surface area (Å²) in [6, 6.07) is 4.27. The van der Waals surface area contributed by atoms with Crippen LogP contribution >= 0.6 is 0 Å². The summed E-state index contributed by atoms with van der Waals surface area (Å²) in [5.74, 6) is 1.31. The van der Waals surface area contributed by atoms with Gasteiger partial charge in [0.1, 0.15) is 5.75 Å². The molecule has 0 radical (unpaired) electrons. The summed E-state index contributed by atoms with van der Waals surface area (Å²) in [7, 11) is 0. The highest BCUT2D eigenvalue weighted by molar-refractivity contribution is 5.46. The van der Waals surface area contributed by atoms with Crippen molar-refractivity contribution < 1.29 is 9.47 Å². The van der Waals surface area contributed by atoms with Crippen LogP contribution in [0.3, 0.4) is 0 Å². The zero-order chi connectivity index (χ0) is 10.8. The van der Waals surface area contributed by atoms with Gasteiger partial charge in [-0.1, -0.05) is 24.6 Å². The second-order valence-corrected chi connectivity index (χ2v) is 4.09. The number of fused-ring (bicyclic) bond motifs is 1. The first kappa shape index (κ1) is 10.5. The Kier molecular flexibility index (Phi) is 2.93. The SMILES string of the molecule is Cc1cc2c(c(C(C)CN)c1)OCOC2. The van der Waals surface area contributed by atoms with Gasteiger partial charge in [-0.15, -0.1) is 0 Å². The first-order valence-electron chi connectivity index (χ1n) is 5.26. The fraction of sp³-hybridized carbons (Fsp3) is 0.500. The van der Waals surface area contributed by atoms with Crippen molar-refractivity contribution in [2.45, 2.75) is 26.4 Å². The summed E-state index contributed by atoms with van der Waals surface area (Å²) in [5, 5.41) is 0. The van der Waals surface area contributed by atoms with Crippen LogP contribution in [0.1, 0.15) is 29.5 Å². The predicted molar refractivity (Wildman–Crippen MR) is 58.9 cm³/mol. The van der Waals surface area contributed by atoms with E-state index in [1.165, 1.54) is 11.1 Å². The number of hydrogen-bond acceptors (Lipinski definition) is 3. The van der Waals surface area contributed by atoms with Crippen LogP contribution in [0.5, 0.6) is 5.75 Å². The summed E-state index contributed by atoms with van der Waals surface area (Å²) in [4.78, 5) is 0. The van der Waals surface area contributed by atoms with Crippen LogP contribution in [0.25, 0.3) is 0 Å². The predicted octanol–water partition coefficient (Wildman–Crippen LogP) is 1.92. The highest BCUT2D eigenvalue weighted by Gasteiger charge is 2.18. The molecule has 1 aliphatic heterocycles. The number of aryl methyl sites for hydroxylation is 1. The van der Waals surface area contributed by atoms with Gasteiger partial charge in [0.15, 0.2) is 6.79 Å². The largest absolute Gasteiger partial charge is 0.467 e. The number of rotatable bonds is 2. The Hall–Kier alpha value is -1.06. The minimum atomic E-state index is 0.330. The third-order valence-electron chi connectivity index (χ3n) is 2.77. The lowest BCUT2D eigenvalue weighted by Gasteiger charge is -2.23. The van der Waals surface area contributed by atoms with E-state index in [0.29, 0.717) is 25.9 Å². The molecule has 0 amide bonds. The van der Waals surface area contributed by atoms with Gasteiger partial charge >= 0.3 is 0 Å². The number of hydrogen-bond donors (Lipinski definition) is 1. The smallest absolute Gasteiger partial charge is 0.189 e. The monoisotopic (exact) mass is 207 g/mol. The molecule has 1 aliphatic rings. The minimum absolute atomic E-state index is 0.330. The van der Waals surface area contributed by atoms with Gasteiger partial charge in [0.05, 0.1) is 6.61 Å². The zero-order valence-corrected chi connectivity index (χ0v) is 9.25. The fourth-order valence-corrected chi connectivity index (χ4v) is 1.91. The van der Waals surface area contributed by atoms with Crippen LogP contribution in [-0.4, -0.2) is 13.3 Å². The van der Waals surface area contributed by atoms with E-state index in [1.807, 2.05) is 0 Å². The molecule has 2 rings (SSSR count). The van der Waals surface area contributed by atoms with Crippen LogP contribution < -0.4 is 10.5 Å². The first-order chi connectivity index (χ1) is 7.22. The maximum atomic E-state index is 5.70. The highest BCUT2D eigenvalue weighted by atomic mass is 16.7. The molecule has 15 heavy (non-hydrogen) atoms. The maximum absolute atomic E-state index is 5.70. The van der Waals surface area contributed by atoms with E-state index in [4.69, 9.17) is 15.2 Å². The van der Waals surface area contributed by atoms with E-state index < -0.39 is 0 Å². The lowest BCUT2D eigenvalue weighted by Crippen LogP contribution is -2.17. The van der Waals surface area contributed by atoms with E-state index in [9.17, 15) is 0 Å². The molecule has 0 aromatic heterocycles. The topological polar surface area (TPSA) is 44.5 Å². The van der Waals surface area contributed by atoms with Gasteiger partial charge in [-0.25, -0.2) is 0 Å². The molecule has 1 heterocycles. The summed E-state index contributed by atoms with van der Waals surface area (Å²) in [6.07, 6.45) is 0. The third kappa shape index (κ3) is 1.98. The van der Waals surface area contributed by atoms with E-state index in [1.54, 1.807) is 0 Å².